The van der Waals surface area contributed by atoms with Crippen LogP contribution < -0.4 is 0 Å². The highest BCUT2D eigenvalue weighted by atomic mass is 16.3. The van der Waals surface area contributed by atoms with Gasteiger partial charge in [-0.05, 0) is 102 Å². The van der Waals surface area contributed by atoms with Crippen molar-refractivity contribution >= 4 is 21.9 Å². The molecule has 0 atom stereocenters. The van der Waals surface area contributed by atoms with Gasteiger partial charge >= 0.3 is 0 Å². The van der Waals surface area contributed by atoms with Gasteiger partial charge in [-0.15, -0.1) is 0 Å². The summed E-state index contributed by atoms with van der Waals surface area (Å²) in [4.78, 5) is 9.99. The molecule has 0 fully saturated rings. The molecule has 4 nitrogen and oxygen atoms in total. The van der Waals surface area contributed by atoms with Gasteiger partial charge in [0.1, 0.15) is 11.4 Å². The number of phenols is 1. The Balaban J connectivity index is 1.47. The van der Waals surface area contributed by atoms with E-state index in [1.54, 1.807) is 6.07 Å². The van der Waals surface area contributed by atoms with E-state index in [4.69, 9.17) is 9.97 Å². The molecule has 0 unspecified atom stereocenters. The third-order valence-corrected chi connectivity index (χ3v) is 8.57. The Hall–Kier alpha value is -5.22. The summed E-state index contributed by atoms with van der Waals surface area (Å²) >= 11 is 0. The number of aryl methyl sites for hydroxylation is 2. The van der Waals surface area contributed by atoms with Crippen molar-refractivity contribution in [3.63, 3.8) is 0 Å². The molecule has 0 aliphatic carbocycles. The first-order valence-electron chi connectivity index (χ1n) is 15.1. The second kappa shape index (κ2) is 10.5. The van der Waals surface area contributed by atoms with E-state index < -0.39 is 0 Å². The number of phenolic OH excluding ortho intramolecular Hbond substituents is 1. The number of benzene rings is 4. The molecule has 216 valence electrons. The number of aromatic nitrogens is 3. The van der Waals surface area contributed by atoms with Crippen LogP contribution in [0.15, 0.2) is 115 Å². The number of hydrogen-bond donors (Lipinski definition) is 1. The Morgan fingerprint density at radius 1 is 0.659 bits per heavy atom. The standard InChI is InChI=1S/C40H35N3O/c1-25-11-8-12-26(2)38(25)28-22-34(42-35(23-28)33-24-29(40(3,4)5)18-19-37(33)44)27-13-9-14-30(21-27)43-36-17-7-6-15-31(36)32-16-10-20-41-39(32)43/h6-24,44H,1-5H3. The molecular weight excluding hydrogens is 538 g/mol. The molecule has 0 saturated heterocycles. The van der Waals surface area contributed by atoms with E-state index in [0.717, 1.165) is 55.9 Å². The van der Waals surface area contributed by atoms with Crippen LogP contribution in [0.5, 0.6) is 5.75 Å². The zero-order valence-corrected chi connectivity index (χ0v) is 25.8. The lowest BCUT2D eigenvalue weighted by atomic mass is 9.85. The normalized spacial score (nSPS) is 11.8. The fourth-order valence-corrected chi connectivity index (χ4v) is 6.30. The van der Waals surface area contributed by atoms with E-state index in [-0.39, 0.29) is 11.2 Å². The molecule has 0 amide bonds. The van der Waals surface area contributed by atoms with Gasteiger partial charge in [-0.1, -0.05) is 75.4 Å². The summed E-state index contributed by atoms with van der Waals surface area (Å²) in [7, 11) is 0. The summed E-state index contributed by atoms with van der Waals surface area (Å²) in [5, 5.41) is 13.4. The van der Waals surface area contributed by atoms with E-state index in [2.05, 4.69) is 130 Å². The quantitative estimate of drug-likeness (QED) is 0.228. The molecule has 0 bridgehead atoms. The molecule has 44 heavy (non-hydrogen) atoms. The molecule has 0 saturated carbocycles. The Morgan fingerprint density at radius 3 is 2.18 bits per heavy atom. The number of nitrogens with zero attached hydrogens (tertiary/aromatic N) is 3. The number of rotatable bonds is 4. The van der Waals surface area contributed by atoms with E-state index in [1.165, 1.54) is 22.1 Å². The average molecular weight is 574 g/mol. The second-order valence-corrected chi connectivity index (χ2v) is 12.7. The zero-order chi connectivity index (χ0) is 30.6. The van der Waals surface area contributed by atoms with Crippen molar-refractivity contribution in [3.05, 3.63) is 132 Å². The van der Waals surface area contributed by atoms with E-state index >= 15 is 0 Å². The molecular formula is C40H35N3O. The Bertz CT molecular complexity index is 2130. The SMILES string of the molecule is Cc1cccc(C)c1-c1cc(-c2cccc(-n3c4ccccc4c4cccnc43)c2)nc(-c2cc(C(C)(C)C)ccc2O)c1. The summed E-state index contributed by atoms with van der Waals surface area (Å²) in [6.07, 6.45) is 1.85. The van der Waals surface area contributed by atoms with Gasteiger partial charge in [-0.2, -0.15) is 0 Å². The van der Waals surface area contributed by atoms with Gasteiger partial charge in [0.05, 0.1) is 16.9 Å². The third-order valence-electron chi connectivity index (χ3n) is 8.57. The van der Waals surface area contributed by atoms with Crippen molar-refractivity contribution in [2.45, 2.75) is 40.0 Å². The average Bonchev–Trinajstić information content (AvgIpc) is 3.35. The number of pyridine rings is 2. The molecule has 0 aliphatic rings. The molecule has 0 spiro atoms. The summed E-state index contributed by atoms with van der Waals surface area (Å²) in [6, 6.07) is 37.6. The molecule has 7 rings (SSSR count). The van der Waals surface area contributed by atoms with Gasteiger partial charge in [0, 0.05) is 33.8 Å². The molecule has 0 radical (unpaired) electrons. The van der Waals surface area contributed by atoms with Crippen molar-refractivity contribution < 1.29 is 5.11 Å². The van der Waals surface area contributed by atoms with Crippen LogP contribution in [0.2, 0.25) is 0 Å². The molecule has 1 N–H and O–H groups in total. The van der Waals surface area contributed by atoms with Crippen LogP contribution in [0.1, 0.15) is 37.5 Å². The predicted octanol–water partition coefficient (Wildman–Crippen LogP) is 10.2. The lowest BCUT2D eigenvalue weighted by molar-refractivity contribution is 0.476. The number of para-hydroxylation sites is 1. The van der Waals surface area contributed by atoms with Gasteiger partial charge in [-0.3, -0.25) is 4.57 Å². The fourth-order valence-electron chi connectivity index (χ4n) is 6.30. The maximum atomic E-state index is 11.1. The molecule has 3 aromatic heterocycles. The van der Waals surface area contributed by atoms with Crippen LogP contribution in [0.4, 0.5) is 0 Å². The van der Waals surface area contributed by atoms with E-state index in [1.807, 2.05) is 18.3 Å². The summed E-state index contributed by atoms with van der Waals surface area (Å²) in [5.74, 6) is 0.222. The van der Waals surface area contributed by atoms with Crippen LogP contribution in [0.3, 0.4) is 0 Å². The van der Waals surface area contributed by atoms with Crippen molar-refractivity contribution in [1.82, 2.24) is 14.5 Å². The molecule has 7 aromatic rings. The van der Waals surface area contributed by atoms with Crippen molar-refractivity contribution in [1.29, 1.82) is 0 Å². The van der Waals surface area contributed by atoms with Crippen molar-refractivity contribution in [2.75, 3.05) is 0 Å². The van der Waals surface area contributed by atoms with Gasteiger partial charge in [0.25, 0.3) is 0 Å². The molecule has 4 aromatic carbocycles. The fraction of sp³-hybridized carbons (Fsp3) is 0.150. The topological polar surface area (TPSA) is 50.9 Å². The monoisotopic (exact) mass is 573 g/mol. The van der Waals surface area contributed by atoms with Gasteiger partial charge in [0.2, 0.25) is 0 Å². The number of hydrogen-bond acceptors (Lipinski definition) is 3. The Labute approximate surface area is 258 Å². The summed E-state index contributed by atoms with van der Waals surface area (Å²) in [6.45, 7) is 10.9. The van der Waals surface area contributed by atoms with Crippen LogP contribution >= 0.6 is 0 Å². The minimum atomic E-state index is -0.0693. The zero-order valence-electron chi connectivity index (χ0n) is 25.8. The largest absolute Gasteiger partial charge is 0.507 e. The first kappa shape index (κ1) is 27.6. The lowest BCUT2D eigenvalue weighted by Crippen LogP contribution is -2.10. The minimum Gasteiger partial charge on any atom is -0.507 e. The first-order chi connectivity index (χ1) is 21.2. The molecule has 0 aliphatic heterocycles. The summed E-state index contributed by atoms with van der Waals surface area (Å²) in [5.41, 5.74) is 12.1. The highest BCUT2D eigenvalue weighted by Gasteiger charge is 2.19. The highest BCUT2D eigenvalue weighted by molar-refractivity contribution is 6.07. The number of aromatic hydroxyl groups is 1. The van der Waals surface area contributed by atoms with Crippen molar-refractivity contribution in [2.24, 2.45) is 0 Å². The van der Waals surface area contributed by atoms with Gasteiger partial charge < -0.3 is 5.11 Å². The van der Waals surface area contributed by atoms with Gasteiger partial charge in [0.15, 0.2) is 0 Å². The van der Waals surface area contributed by atoms with Crippen LogP contribution in [0.25, 0.3) is 61.3 Å². The highest BCUT2D eigenvalue weighted by Crippen LogP contribution is 2.39. The predicted molar refractivity (Wildman–Crippen MR) is 183 cm³/mol. The lowest BCUT2D eigenvalue weighted by Gasteiger charge is -2.21. The first-order valence-corrected chi connectivity index (χ1v) is 15.1. The molecule has 4 heteroatoms. The van der Waals surface area contributed by atoms with Crippen LogP contribution in [-0.2, 0) is 5.41 Å². The van der Waals surface area contributed by atoms with Crippen molar-refractivity contribution in [3.8, 4) is 45.1 Å². The third kappa shape index (κ3) is 4.73. The van der Waals surface area contributed by atoms with Crippen LogP contribution in [0, 0.1) is 13.8 Å². The maximum absolute atomic E-state index is 11.1. The smallest absolute Gasteiger partial charge is 0.145 e. The Kier molecular flexibility index (Phi) is 6.58. The maximum Gasteiger partial charge on any atom is 0.145 e. The van der Waals surface area contributed by atoms with E-state index in [9.17, 15) is 5.11 Å². The second-order valence-electron chi connectivity index (χ2n) is 12.7. The van der Waals surface area contributed by atoms with Crippen LogP contribution in [-0.4, -0.2) is 19.6 Å². The summed E-state index contributed by atoms with van der Waals surface area (Å²) < 4.78 is 2.23. The number of fused-ring (bicyclic) bond motifs is 3. The molecule has 3 heterocycles. The Morgan fingerprint density at radius 2 is 1.39 bits per heavy atom. The van der Waals surface area contributed by atoms with E-state index in [0.29, 0.717) is 0 Å². The van der Waals surface area contributed by atoms with Gasteiger partial charge in [-0.25, -0.2) is 9.97 Å². The minimum absolute atomic E-state index is 0.0693.